The van der Waals surface area contributed by atoms with Crippen molar-refractivity contribution in [1.82, 2.24) is 5.32 Å². The number of hydrogen-bond acceptors (Lipinski definition) is 5. The van der Waals surface area contributed by atoms with Crippen LogP contribution in [0.5, 0.6) is 0 Å². The van der Waals surface area contributed by atoms with Crippen LogP contribution in [0.3, 0.4) is 0 Å². The maximum absolute atomic E-state index is 14.4. The standard InChI is InChI=1S/C30H27ClN4O4/c1-3-23-25-26(28(38)35(27(25)37)20-14-12-19(13-15-20)32-17(2)36)30(33-23)21-9-5-7-11-24(21)34(29(30)39)16-18-8-4-6-10-22(18)31/h4-15,23,25-26,33H,3,16H2,1-2H3,(H,32,36)/t23-,25-,26+,30-/m0/s1. The summed E-state index contributed by atoms with van der Waals surface area (Å²) in [5.74, 6) is -2.83. The molecule has 6 rings (SSSR count). The summed E-state index contributed by atoms with van der Waals surface area (Å²) >= 11 is 6.45. The number of carbonyl (C=O) groups excluding carboxylic acids is 4. The van der Waals surface area contributed by atoms with E-state index in [1.54, 1.807) is 35.2 Å². The van der Waals surface area contributed by atoms with Gasteiger partial charge in [-0.2, -0.15) is 0 Å². The first-order valence-corrected chi connectivity index (χ1v) is 13.3. The van der Waals surface area contributed by atoms with Crippen LogP contribution in [-0.2, 0) is 31.3 Å². The molecule has 0 saturated carbocycles. The van der Waals surface area contributed by atoms with E-state index in [2.05, 4.69) is 10.6 Å². The van der Waals surface area contributed by atoms with Gasteiger partial charge in [0.25, 0.3) is 5.91 Å². The van der Waals surface area contributed by atoms with Crippen molar-refractivity contribution >= 4 is 52.3 Å². The van der Waals surface area contributed by atoms with E-state index in [9.17, 15) is 19.2 Å². The van der Waals surface area contributed by atoms with Crippen LogP contribution in [0.2, 0.25) is 5.02 Å². The first kappa shape index (κ1) is 25.3. The van der Waals surface area contributed by atoms with E-state index in [4.69, 9.17) is 11.6 Å². The molecule has 4 atom stereocenters. The molecular weight excluding hydrogens is 516 g/mol. The molecular formula is C30H27ClN4O4. The van der Waals surface area contributed by atoms with Crippen LogP contribution in [0.1, 0.15) is 31.4 Å². The summed E-state index contributed by atoms with van der Waals surface area (Å²) in [5, 5.41) is 6.72. The molecule has 9 heteroatoms. The summed E-state index contributed by atoms with van der Waals surface area (Å²) in [4.78, 5) is 56.7. The van der Waals surface area contributed by atoms with Gasteiger partial charge in [-0.1, -0.05) is 54.9 Å². The van der Waals surface area contributed by atoms with Crippen LogP contribution in [0, 0.1) is 11.8 Å². The van der Waals surface area contributed by atoms with Gasteiger partial charge >= 0.3 is 0 Å². The fourth-order valence-electron chi connectivity index (χ4n) is 6.41. The molecule has 0 aromatic heterocycles. The van der Waals surface area contributed by atoms with Crippen LogP contribution in [-0.4, -0.2) is 29.7 Å². The molecule has 8 nitrogen and oxygen atoms in total. The molecule has 39 heavy (non-hydrogen) atoms. The third-order valence-corrected chi connectivity index (χ3v) is 8.41. The second-order valence-electron chi connectivity index (χ2n) is 10.2. The van der Waals surface area contributed by atoms with E-state index >= 15 is 0 Å². The normalized spacial score (nSPS) is 25.4. The predicted octanol–water partition coefficient (Wildman–Crippen LogP) is 4.23. The highest BCUT2D eigenvalue weighted by Crippen LogP contribution is 2.55. The fraction of sp³-hybridized carbons (Fsp3) is 0.267. The number of carbonyl (C=O) groups is 4. The molecule has 0 aliphatic carbocycles. The Morgan fingerprint density at radius 3 is 2.36 bits per heavy atom. The number of para-hydroxylation sites is 1. The lowest BCUT2D eigenvalue weighted by Gasteiger charge is -2.30. The lowest BCUT2D eigenvalue weighted by atomic mass is 9.76. The van der Waals surface area contributed by atoms with Crippen molar-refractivity contribution in [3.8, 4) is 0 Å². The molecule has 198 valence electrons. The Morgan fingerprint density at radius 2 is 1.67 bits per heavy atom. The molecule has 0 unspecified atom stereocenters. The summed E-state index contributed by atoms with van der Waals surface area (Å²) < 4.78 is 0. The molecule has 3 aliphatic rings. The monoisotopic (exact) mass is 542 g/mol. The largest absolute Gasteiger partial charge is 0.326 e. The Bertz CT molecular complexity index is 1520. The second-order valence-corrected chi connectivity index (χ2v) is 10.6. The average Bonchev–Trinajstić information content (AvgIpc) is 3.49. The topological polar surface area (TPSA) is 98.8 Å². The molecule has 3 aliphatic heterocycles. The number of hydrogen-bond donors (Lipinski definition) is 2. The molecule has 3 heterocycles. The van der Waals surface area contributed by atoms with Crippen molar-refractivity contribution in [2.75, 3.05) is 15.1 Å². The van der Waals surface area contributed by atoms with Crippen molar-refractivity contribution in [2.45, 2.75) is 38.4 Å². The number of rotatable bonds is 5. The second kappa shape index (κ2) is 9.32. The van der Waals surface area contributed by atoms with E-state index in [1.807, 2.05) is 49.4 Å². The summed E-state index contributed by atoms with van der Waals surface area (Å²) in [6.07, 6.45) is 0.567. The Morgan fingerprint density at radius 1 is 0.974 bits per heavy atom. The van der Waals surface area contributed by atoms with Crippen LogP contribution in [0.15, 0.2) is 72.8 Å². The molecule has 2 saturated heterocycles. The van der Waals surface area contributed by atoms with Crippen molar-refractivity contribution in [1.29, 1.82) is 0 Å². The van der Waals surface area contributed by atoms with Gasteiger partial charge in [0.2, 0.25) is 17.7 Å². The first-order chi connectivity index (χ1) is 18.8. The highest BCUT2D eigenvalue weighted by Gasteiger charge is 2.71. The number of benzene rings is 3. The van der Waals surface area contributed by atoms with E-state index in [0.29, 0.717) is 34.1 Å². The number of fused-ring (bicyclic) bond motifs is 4. The zero-order valence-corrected chi connectivity index (χ0v) is 22.2. The molecule has 3 aromatic carbocycles. The third-order valence-electron chi connectivity index (χ3n) is 8.04. The van der Waals surface area contributed by atoms with Gasteiger partial charge in [0.05, 0.1) is 24.1 Å². The summed E-state index contributed by atoms with van der Waals surface area (Å²) in [5.41, 5.74) is 1.77. The SMILES string of the molecule is CC[C@@H]1N[C@]2(C(=O)N(Cc3ccccc3Cl)c3ccccc32)[C@H]2C(=O)N(c3ccc(NC(C)=O)cc3)C(=O)[C@@H]12. The zero-order chi connectivity index (χ0) is 27.5. The molecule has 0 radical (unpaired) electrons. The number of amides is 4. The summed E-state index contributed by atoms with van der Waals surface area (Å²) in [6.45, 7) is 3.60. The first-order valence-electron chi connectivity index (χ1n) is 13.0. The fourth-order valence-corrected chi connectivity index (χ4v) is 6.60. The van der Waals surface area contributed by atoms with E-state index in [0.717, 1.165) is 5.56 Å². The van der Waals surface area contributed by atoms with E-state index < -0.39 is 23.3 Å². The molecule has 0 bridgehead atoms. The van der Waals surface area contributed by atoms with Gasteiger partial charge in [0.1, 0.15) is 5.54 Å². The van der Waals surface area contributed by atoms with Gasteiger partial charge in [-0.25, -0.2) is 4.90 Å². The molecule has 1 spiro atoms. The van der Waals surface area contributed by atoms with Crippen LogP contribution in [0.4, 0.5) is 17.1 Å². The summed E-state index contributed by atoms with van der Waals surface area (Å²) in [7, 11) is 0. The number of nitrogens with zero attached hydrogens (tertiary/aromatic N) is 2. The number of imide groups is 1. The number of nitrogens with one attached hydrogen (secondary N) is 2. The minimum absolute atomic E-state index is 0.218. The van der Waals surface area contributed by atoms with Crippen molar-refractivity contribution in [3.63, 3.8) is 0 Å². The van der Waals surface area contributed by atoms with Gasteiger partial charge in [0.15, 0.2) is 0 Å². The Hall–Kier alpha value is -4.01. The maximum Gasteiger partial charge on any atom is 0.253 e. The van der Waals surface area contributed by atoms with Gasteiger partial charge < -0.3 is 10.2 Å². The van der Waals surface area contributed by atoms with E-state index in [1.165, 1.54) is 11.8 Å². The highest BCUT2D eigenvalue weighted by molar-refractivity contribution is 6.31. The third kappa shape index (κ3) is 3.70. The van der Waals surface area contributed by atoms with Gasteiger partial charge in [-0.15, -0.1) is 0 Å². The number of halogens is 1. The minimum atomic E-state index is -1.37. The Balaban J connectivity index is 1.43. The lowest BCUT2D eigenvalue weighted by Crippen LogP contribution is -2.55. The summed E-state index contributed by atoms with van der Waals surface area (Å²) in [6, 6.07) is 21.0. The Kier molecular flexibility index (Phi) is 6.04. The maximum atomic E-state index is 14.4. The van der Waals surface area contributed by atoms with Gasteiger partial charge in [0, 0.05) is 34.9 Å². The predicted molar refractivity (Wildman–Crippen MR) is 148 cm³/mol. The zero-order valence-electron chi connectivity index (χ0n) is 21.5. The molecule has 3 aromatic rings. The smallest absolute Gasteiger partial charge is 0.253 e. The minimum Gasteiger partial charge on any atom is -0.326 e. The quantitative estimate of drug-likeness (QED) is 0.470. The number of anilines is 3. The molecule has 4 amide bonds. The van der Waals surface area contributed by atoms with Gasteiger partial charge in [-0.05, 0) is 48.4 Å². The van der Waals surface area contributed by atoms with Crippen LogP contribution >= 0.6 is 11.6 Å². The highest BCUT2D eigenvalue weighted by atomic mass is 35.5. The van der Waals surface area contributed by atoms with Gasteiger partial charge in [-0.3, -0.25) is 24.5 Å². The Labute approximate surface area is 230 Å². The van der Waals surface area contributed by atoms with Crippen LogP contribution < -0.4 is 20.4 Å². The average molecular weight is 543 g/mol. The van der Waals surface area contributed by atoms with Crippen molar-refractivity contribution in [2.24, 2.45) is 11.8 Å². The van der Waals surface area contributed by atoms with Crippen LogP contribution in [0.25, 0.3) is 0 Å². The molecule has 2 N–H and O–H groups in total. The van der Waals surface area contributed by atoms with Crippen molar-refractivity contribution < 1.29 is 19.2 Å². The lowest BCUT2D eigenvalue weighted by molar-refractivity contribution is -0.132. The van der Waals surface area contributed by atoms with Crippen molar-refractivity contribution in [3.05, 3.63) is 88.9 Å². The molecule has 2 fully saturated rings. The van der Waals surface area contributed by atoms with E-state index in [-0.39, 0.29) is 30.3 Å².